The molecule has 2 aromatic heterocycles. The van der Waals surface area contributed by atoms with Crippen LogP contribution < -0.4 is 16.0 Å². The summed E-state index contributed by atoms with van der Waals surface area (Å²) in [5, 5.41) is 13.4. The summed E-state index contributed by atoms with van der Waals surface area (Å²) in [6.45, 7) is 2.93. The summed E-state index contributed by atoms with van der Waals surface area (Å²) in [7, 11) is 0. The summed E-state index contributed by atoms with van der Waals surface area (Å²) in [6.07, 6.45) is 2.48. The van der Waals surface area contributed by atoms with Crippen LogP contribution in [-0.4, -0.2) is 58.2 Å². The number of halogens is 1. The first kappa shape index (κ1) is 23.0. The lowest BCUT2D eigenvalue weighted by Crippen LogP contribution is -2.55. The lowest BCUT2D eigenvalue weighted by molar-refractivity contribution is 0.0938. The summed E-state index contributed by atoms with van der Waals surface area (Å²) >= 11 is 1.29. The highest BCUT2D eigenvalue weighted by molar-refractivity contribution is 7.21. The summed E-state index contributed by atoms with van der Waals surface area (Å²) in [4.78, 5) is 33.9. The van der Waals surface area contributed by atoms with Gasteiger partial charge in [0.15, 0.2) is 0 Å². The van der Waals surface area contributed by atoms with E-state index in [1.54, 1.807) is 4.90 Å². The van der Waals surface area contributed by atoms with Gasteiger partial charge in [-0.25, -0.2) is 14.2 Å². The van der Waals surface area contributed by atoms with E-state index in [1.165, 1.54) is 11.3 Å². The van der Waals surface area contributed by atoms with Gasteiger partial charge in [-0.1, -0.05) is 6.07 Å². The molecule has 3 aliphatic rings. The zero-order valence-electron chi connectivity index (χ0n) is 20.0. The average Bonchev–Trinajstić information content (AvgIpc) is 3.32. The minimum Gasteiger partial charge on any atom is -0.465 e. The van der Waals surface area contributed by atoms with Crippen molar-refractivity contribution >= 4 is 44.9 Å². The first-order valence-electron chi connectivity index (χ1n) is 12.3. The molecule has 1 aromatic carbocycles. The lowest BCUT2D eigenvalue weighted by Gasteiger charge is -2.41. The minimum atomic E-state index is -0.884. The second kappa shape index (κ2) is 8.62. The number of rotatable bonds is 3. The van der Waals surface area contributed by atoms with Gasteiger partial charge in [0, 0.05) is 30.2 Å². The zero-order valence-corrected chi connectivity index (χ0v) is 20.8. The Kier molecular flexibility index (Phi) is 5.51. The topological polar surface area (TPSA) is 112 Å². The number of carboxylic acid groups (broad SMARTS) is 1. The van der Waals surface area contributed by atoms with Crippen LogP contribution in [0.3, 0.4) is 0 Å². The number of aromatic nitrogens is 1. The summed E-state index contributed by atoms with van der Waals surface area (Å²) in [5.74, 6) is -0.430. The summed E-state index contributed by atoms with van der Waals surface area (Å²) in [5.41, 5.74) is 9.73. The molecule has 4 heterocycles. The molecular formula is C26H28FN5O3S. The van der Waals surface area contributed by atoms with Crippen LogP contribution in [0.25, 0.3) is 10.2 Å². The van der Waals surface area contributed by atoms with Gasteiger partial charge in [0.25, 0.3) is 5.91 Å². The van der Waals surface area contributed by atoms with E-state index in [1.807, 2.05) is 36.1 Å². The van der Waals surface area contributed by atoms with E-state index < -0.39 is 6.09 Å². The van der Waals surface area contributed by atoms with Gasteiger partial charge in [-0.3, -0.25) is 9.69 Å². The molecule has 3 unspecified atom stereocenters. The van der Waals surface area contributed by atoms with Crippen molar-refractivity contribution in [1.29, 1.82) is 0 Å². The van der Waals surface area contributed by atoms with Crippen molar-refractivity contribution in [3.05, 3.63) is 51.8 Å². The molecule has 36 heavy (non-hydrogen) atoms. The number of amides is 2. The monoisotopic (exact) mass is 509 g/mol. The Morgan fingerprint density at radius 1 is 1.17 bits per heavy atom. The molecule has 1 aliphatic carbocycles. The smallest absolute Gasteiger partial charge is 0.407 e. The molecule has 2 saturated heterocycles. The molecule has 6 rings (SSSR count). The molecule has 3 atom stereocenters. The number of aryl methyl sites for hydroxylation is 1. The van der Waals surface area contributed by atoms with Crippen molar-refractivity contribution in [1.82, 2.24) is 15.2 Å². The molecule has 2 bridgehead atoms. The fraction of sp³-hybridized carbons (Fsp3) is 0.423. The predicted octanol–water partition coefficient (Wildman–Crippen LogP) is 3.94. The largest absolute Gasteiger partial charge is 0.465 e. The number of hydrogen-bond acceptors (Lipinski definition) is 6. The fourth-order valence-corrected chi connectivity index (χ4v) is 7.13. The van der Waals surface area contributed by atoms with Gasteiger partial charge in [0.2, 0.25) is 0 Å². The molecule has 0 radical (unpaired) electrons. The van der Waals surface area contributed by atoms with Crippen molar-refractivity contribution in [2.45, 2.75) is 57.2 Å². The molecule has 2 fully saturated rings. The quantitative estimate of drug-likeness (QED) is 0.493. The predicted molar refractivity (Wildman–Crippen MR) is 137 cm³/mol. The number of carbonyl (C=O) groups excluding carboxylic acids is 1. The van der Waals surface area contributed by atoms with Crippen LogP contribution >= 0.6 is 11.3 Å². The number of anilines is 2. The first-order chi connectivity index (χ1) is 17.3. The minimum absolute atomic E-state index is 0.0864. The van der Waals surface area contributed by atoms with E-state index in [2.05, 4.69) is 10.3 Å². The highest BCUT2D eigenvalue weighted by atomic mass is 32.1. The SMILES string of the molecule is Cc1ccc2c(N)c(C(=O)NC3CCc4c(ccc(N5CC6CCC(C5)N6C(=O)O)c4F)C3)sc2n1. The van der Waals surface area contributed by atoms with Gasteiger partial charge >= 0.3 is 6.09 Å². The number of nitrogens with zero attached hydrogens (tertiary/aromatic N) is 3. The number of hydrogen-bond donors (Lipinski definition) is 3. The third-order valence-corrected chi connectivity index (χ3v) is 8.96. The maximum atomic E-state index is 15.6. The molecule has 4 N–H and O–H groups in total. The number of piperazine rings is 1. The van der Waals surface area contributed by atoms with Gasteiger partial charge in [-0.15, -0.1) is 11.3 Å². The van der Waals surface area contributed by atoms with E-state index in [0.29, 0.717) is 54.2 Å². The molecule has 2 amide bonds. The third-order valence-electron chi connectivity index (χ3n) is 7.85. The van der Waals surface area contributed by atoms with Gasteiger partial charge in [0.1, 0.15) is 15.5 Å². The number of fused-ring (bicyclic) bond motifs is 4. The van der Waals surface area contributed by atoms with Crippen molar-refractivity contribution in [2.75, 3.05) is 23.7 Å². The van der Waals surface area contributed by atoms with Crippen LogP contribution in [0, 0.1) is 12.7 Å². The Morgan fingerprint density at radius 2 is 1.92 bits per heavy atom. The Hall–Kier alpha value is -3.40. The van der Waals surface area contributed by atoms with E-state index in [4.69, 9.17) is 5.73 Å². The molecule has 3 aromatic rings. The summed E-state index contributed by atoms with van der Waals surface area (Å²) < 4.78 is 15.6. The Balaban J connectivity index is 1.17. The van der Waals surface area contributed by atoms with Crippen LogP contribution in [0.15, 0.2) is 24.3 Å². The van der Waals surface area contributed by atoms with E-state index in [-0.39, 0.29) is 29.8 Å². The van der Waals surface area contributed by atoms with Crippen LogP contribution in [0.1, 0.15) is 45.8 Å². The van der Waals surface area contributed by atoms with Crippen molar-refractivity contribution < 1.29 is 19.1 Å². The van der Waals surface area contributed by atoms with E-state index in [9.17, 15) is 14.7 Å². The normalized spacial score (nSPS) is 23.1. The molecule has 0 spiro atoms. The van der Waals surface area contributed by atoms with Gasteiger partial charge in [-0.05, 0) is 68.4 Å². The van der Waals surface area contributed by atoms with Gasteiger partial charge in [0.05, 0.1) is 23.5 Å². The Bertz CT molecular complexity index is 1380. The lowest BCUT2D eigenvalue weighted by atomic mass is 9.87. The molecule has 0 saturated carbocycles. The second-order valence-corrected chi connectivity index (χ2v) is 11.1. The van der Waals surface area contributed by atoms with Crippen molar-refractivity contribution in [3.8, 4) is 0 Å². The highest BCUT2D eigenvalue weighted by Crippen LogP contribution is 2.37. The van der Waals surface area contributed by atoms with Crippen molar-refractivity contribution in [2.24, 2.45) is 0 Å². The van der Waals surface area contributed by atoms with Crippen LogP contribution in [0.5, 0.6) is 0 Å². The maximum absolute atomic E-state index is 15.6. The molecule has 2 aliphatic heterocycles. The number of nitrogens with one attached hydrogen (secondary N) is 1. The Labute approximate surface area is 211 Å². The average molecular weight is 510 g/mol. The number of pyridine rings is 1. The number of nitrogen functional groups attached to an aromatic ring is 1. The van der Waals surface area contributed by atoms with Crippen LogP contribution in [-0.2, 0) is 12.8 Å². The first-order valence-corrected chi connectivity index (χ1v) is 13.1. The molecular weight excluding hydrogens is 481 g/mol. The van der Waals surface area contributed by atoms with Crippen LogP contribution in [0.4, 0.5) is 20.6 Å². The van der Waals surface area contributed by atoms with Gasteiger partial charge < -0.3 is 21.1 Å². The third kappa shape index (κ3) is 3.75. The highest BCUT2D eigenvalue weighted by Gasteiger charge is 2.43. The number of carbonyl (C=O) groups is 2. The molecule has 188 valence electrons. The van der Waals surface area contributed by atoms with E-state index in [0.717, 1.165) is 34.3 Å². The summed E-state index contributed by atoms with van der Waals surface area (Å²) in [6, 6.07) is 7.26. The number of thiophene rings is 1. The molecule has 8 nitrogen and oxygen atoms in total. The van der Waals surface area contributed by atoms with Crippen LogP contribution in [0.2, 0.25) is 0 Å². The number of benzene rings is 1. The second-order valence-electron chi connectivity index (χ2n) is 10.1. The standard InChI is InChI=1S/C26H28FN5O3S/c1-13-2-7-19-22(28)23(36-25(19)29-13)24(33)30-15-4-8-18-14(10-15)3-9-20(21(18)27)31-11-16-5-6-17(12-31)32(16)26(34)35/h2-3,7,9,15-17H,4-6,8,10-12,28H2,1H3,(H,30,33)(H,34,35). The zero-order chi connectivity index (χ0) is 25.1. The van der Waals surface area contributed by atoms with Gasteiger partial charge in [-0.2, -0.15) is 0 Å². The van der Waals surface area contributed by atoms with E-state index >= 15 is 4.39 Å². The Morgan fingerprint density at radius 3 is 2.64 bits per heavy atom. The molecule has 10 heteroatoms. The number of nitrogens with two attached hydrogens (primary N) is 1. The fourth-order valence-electron chi connectivity index (χ4n) is 6.09. The maximum Gasteiger partial charge on any atom is 0.407 e. The van der Waals surface area contributed by atoms with Crippen molar-refractivity contribution in [3.63, 3.8) is 0 Å².